The zero-order valence-electron chi connectivity index (χ0n) is 14.2. The fourth-order valence-corrected chi connectivity index (χ4v) is 3.20. The zero-order valence-corrected chi connectivity index (χ0v) is 15.0. The van der Waals surface area contributed by atoms with Gasteiger partial charge in [0.2, 0.25) is 0 Å². The van der Waals surface area contributed by atoms with Crippen LogP contribution in [0.15, 0.2) is 48.5 Å². The molecule has 0 bridgehead atoms. The summed E-state index contributed by atoms with van der Waals surface area (Å²) in [4.78, 5) is 0. The number of ether oxygens (including phenoxy) is 1. The molecule has 4 nitrogen and oxygen atoms in total. The maximum absolute atomic E-state index is 10.1. The number of halogens is 1. The highest BCUT2D eigenvalue weighted by molar-refractivity contribution is 5.85. The van der Waals surface area contributed by atoms with E-state index in [-0.39, 0.29) is 19.0 Å². The number of aliphatic hydroxyl groups excluding tert-OH is 1. The number of nitrogens with one attached hydrogen (secondary N) is 1. The Morgan fingerprint density at radius 2 is 1.92 bits per heavy atom. The van der Waals surface area contributed by atoms with Crippen LogP contribution in [0.1, 0.15) is 24.0 Å². The fourth-order valence-electron chi connectivity index (χ4n) is 3.20. The predicted octanol–water partition coefficient (Wildman–Crippen LogP) is 3.09. The monoisotopic (exact) mass is 363 g/mol. The van der Waals surface area contributed by atoms with Gasteiger partial charge in [-0.05, 0) is 61.1 Å². The Bertz CT molecular complexity index is 651. The average Bonchev–Trinajstić information content (AvgIpc) is 2.80. The molecule has 0 amide bonds. The summed E-state index contributed by atoms with van der Waals surface area (Å²) in [6, 6.07) is 15.5. The lowest BCUT2D eigenvalue weighted by Crippen LogP contribution is -2.39. The van der Waals surface area contributed by atoms with E-state index in [1.165, 1.54) is 11.1 Å². The molecule has 0 spiro atoms. The van der Waals surface area contributed by atoms with Gasteiger partial charge in [-0.1, -0.05) is 24.3 Å². The summed E-state index contributed by atoms with van der Waals surface area (Å²) in [5.74, 6) is 1.12. The van der Waals surface area contributed by atoms with E-state index in [4.69, 9.17) is 4.74 Å². The Morgan fingerprint density at radius 1 is 1.12 bits per heavy atom. The van der Waals surface area contributed by atoms with Crippen LogP contribution >= 0.6 is 12.4 Å². The van der Waals surface area contributed by atoms with Gasteiger partial charge in [0, 0.05) is 12.6 Å². The smallest absolute Gasteiger partial charge is 0.119 e. The summed E-state index contributed by atoms with van der Waals surface area (Å²) in [6.45, 7) is 0.805. The van der Waals surface area contributed by atoms with Gasteiger partial charge in [-0.15, -0.1) is 12.4 Å². The largest absolute Gasteiger partial charge is 0.508 e. The van der Waals surface area contributed by atoms with Crippen molar-refractivity contribution in [3.63, 3.8) is 0 Å². The predicted molar refractivity (Wildman–Crippen MR) is 102 cm³/mol. The molecule has 0 aliphatic heterocycles. The number of aliphatic hydroxyl groups is 1. The van der Waals surface area contributed by atoms with Crippen molar-refractivity contribution in [1.82, 2.24) is 5.32 Å². The number of rotatable bonds is 6. The van der Waals surface area contributed by atoms with Crippen LogP contribution in [0.4, 0.5) is 0 Å². The van der Waals surface area contributed by atoms with Gasteiger partial charge in [-0.25, -0.2) is 0 Å². The van der Waals surface area contributed by atoms with E-state index in [0.717, 1.165) is 31.4 Å². The number of hydrogen-bond acceptors (Lipinski definition) is 4. The van der Waals surface area contributed by atoms with Gasteiger partial charge in [0.05, 0.1) is 0 Å². The fraction of sp³-hybridized carbons (Fsp3) is 0.400. The van der Waals surface area contributed by atoms with Crippen molar-refractivity contribution >= 4 is 12.4 Å². The molecule has 136 valence electrons. The van der Waals surface area contributed by atoms with Crippen molar-refractivity contribution in [3.8, 4) is 11.5 Å². The highest BCUT2D eigenvalue weighted by Gasteiger charge is 2.18. The van der Waals surface area contributed by atoms with Crippen molar-refractivity contribution in [2.24, 2.45) is 0 Å². The number of fused-ring (bicyclic) bond motifs is 1. The van der Waals surface area contributed by atoms with E-state index in [0.29, 0.717) is 18.3 Å². The first-order valence-corrected chi connectivity index (χ1v) is 8.61. The van der Waals surface area contributed by atoms with Crippen LogP contribution in [0.3, 0.4) is 0 Å². The third-order valence-electron chi connectivity index (χ3n) is 4.48. The highest BCUT2D eigenvalue weighted by atomic mass is 35.5. The van der Waals surface area contributed by atoms with Crippen LogP contribution in [-0.2, 0) is 12.8 Å². The van der Waals surface area contributed by atoms with Gasteiger partial charge in [-0.3, -0.25) is 0 Å². The summed E-state index contributed by atoms with van der Waals surface area (Å²) in [5.41, 5.74) is 2.53. The number of hydrogen-bond donors (Lipinski definition) is 3. The molecule has 3 rings (SSSR count). The van der Waals surface area contributed by atoms with E-state index in [2.05, 4.69) is 5.32 Å². The quantitative estimate of drug-likeness (QED) is 0.690. The second kappa shape index (κ2) is 9.66. The van der Waals surface area contributed by atoms with E-state index in [1.807, 2.05) is 42.5 Å². The maximum atomic E-state index is 10.1. The third kappa shape index (κ3) is 5.92. The number of aromatic hydroxyl groups is 1. The highest BCUT2D eigenvalue weighted by Crippen LogP contribution is 2.24. The average molecular weight is 364 g/mol. The molecule has 3 N–H and O–H groups in total. The lowest BCUT2D eigenvalue weighted by molar-refractivity contribution is 0.103. The Labute approximate surface area is 155 Å². The van der Waals surface area contributed by atoms with Gasteiger partial charge in [0.1, 0.15) is 24.2 Å². The summed E-state index contributed by atoms with van der Waals surface area (Å²) in [5, 5.41) is 23.2. The lowest BCUT2D eigenvalue weighted by Gasteiger charge is -2.20. The van der Waals surface area contributed by atoms with Crippen molar-refractivity contribution in [2.45, 2.75) is 37.8 Å². The SMILES string of the molecule is Cl.Oc1ccc2c(c1)CCCC(NC[C@H](O)COc1ccccc1)C2. The molecule has 0 saturated carbocycles. The van der Waals surface area contributed by atoms with Crippen LogP contribution in [0.5, 0.6) is 11.5 Å². The second-order valence-electron chi connectivity index (χ2n) is 6.43. The molecule has 0 heterocycles. The second-order valence-corrected chi connectivity index (χ2v) is 6.43. The summed E-state index contributed by atoms with van der Waals surface area (Å²) < 4.78 is 5.58. The van der Waals surface area contributed by atoms with Crippen LogP contribution in [0.2, 0.25) is 0 Å². The van der Waals surface area contributed by atoms with Crippen molar-refractivity contribution < 1.29 is 14.9 Å². The first kappa shape index (κ1) is 19.6. The maximum Gasteiger partial charge on any atom is 0.119 e. The number of benzene rings is 2. The van der Waals surface area contributed by atoms with Crippen LogP contribution in [-0.4, -0.2) is 35.5 Å². The van der Waals surface area contributed by atoms with E-state index >= 15 is 0 Å². The van der Waals surface area contributed by atoms with Gasteiger partial charge in [-0.2, -0.15) is 0 Å². The summed E-state index contributed by atoms with van der Waals surface area (Å²) in [6.07, 6.45) is 3.56. The Hall–Kier alpha value is -1.75. The normalized spacial score (nSPS) is 17.7. The summed E-state index contributed by atoms with van der Waals surface area (Å²) in [7, 11) is 0. The third-order valence-corrected chi connectivity index (χ3v) is 4.48. The topological polar surface area (TPSA) is 61.7 Å². The Balaban J connectivity index is 0.00000225. The van der Waals surface area contributed by atoms with E-state index in [9.17, 15) is 10.2 Å². The molecule has 2 atom stereocenters. The molecule has 0 saturated heterocycles. The van der Waals surface area contributed by atoms with Crippen LogP contribution in [0.25, 0.3) is 0 Å². The minimum Gasteiger partial charge on any atom is -0.508 e. The summed E-state index contributed by atoms with van der Waals surface area (Å²) >= 11 is 0. The molecule has 1 unspecified atom stereocenters. The standard InChI is InChI=1S/C20H25NO3.ClH/c22-18-10-9-16-11-17(6-4-5-15(16)12-18)21-13-19(23)14-24-20-7-2-1-3-8-20;/h1-3,7-10,12,17,19,21-23H,4-6,11,13-14H2;1H/t17?,19-;/m0./s1. The molecular weight excluding hydrogens is 338 g/mol. The van der Waals surface area contributed by atoms with Gasteiger partial charge in [0.15, 0.2) is 0 Å². The van der Waals surface area contributed by atoms with Gasteiger partial charge < -0.3 is 20.3 Å². The van der Waals surface area contributed by atoms with Crippen molar-refractivity contribution in [3.05, 3.63) is 59.7 Å². The molecule has 2 aromatic rings. The lowest BCUT2D eigenvalue weighted by atomic mass is 10.0. The number of aryl methyl sites for hydroxylation is 1. The molecule has 0 radical (unpaired) electrons. The Morgan fingerprint density at radius 3 is 2.72 bits per heavy atom. The molecule has 2 aromatic carbocycles. The molecule has 5 heteroatoms. The molecule has 1 aliphatic rings. The van der Waals surface area contributed by atoms with Gasteiger partial charge in [0.25, 0.3) is 0 Å². The zero-order chi connectivity index (χ0) is 16.8. The van der Waals surface area contributed by atoms with Crippen LogP contribution < -0.4 is 10.1 Å². The number of para-hydroxylation sites is 1. The molecule has 25 heavy (non-hydrogen) atoms. The van der Waals surface area contributed by atoms with E-state index < -0.39 is 6.10 Å². The molecular formula is C20H26ClNO3. The number of phenols is 1. The molecule has 0 aromatic heterocycles. The number of phenolic OH excluding ortho intramolecular Hbond substituents is 1. The van der Waals surface area contributed by atoms with Gasteiger partial charge >= 0.3 is 0 Å². The first-order chi connectivity index (χ1) is 11.7. The molecule has 1 aliphatic carbocycles. The Kier molecular flexibility index (Phi) is 7.56. The minimum absolute atomic E-state index is 0. The van der Waals surface area contributed by atoms with Crippen LogP contribution in [0, 0.1) is 0 Å². The molecule has 0 fully saturated rings. The van der Waals surface area contributed by atoms with E-state index in [1.54, 1.807) is 6.07 Å². The minimum atomic E-state index is -0.534. The van der Waals surface area contributed by atoms with Crippen molar-refractivity contribution in [2.75, 3.05) is 13.2 Å². The first-order valence-electron chi connectivity index (χ1n) is 8.61. The van der Waals surface area contributed by atoms with Crippen molar-refractivity contribution in [1.29, 1.82) is 0 Å².